The molecule has 2 amide bonds. The van der Waals surface area contributed by atoms with Gasteiger partial charge in [-0.25, -0.2) is 4.79 Å². The predicted octanol–water partition coefficient (Wildman–Crippen LogP) is 5.42. The molecule has 1 heterocycles. The summed E-state index contributed by atoms with van der Waals surface area (Å²) >= 11 is 3.43. The zero-order chi connectivity index (χ0) is 22.4. The molecular formula is C25H31BrN2O3. The summed E-state index contributed by atoms with van der Waals surface area (Å²) in [6.07, 6.45) is 1.95. The van der Waals surface area contributed by atoms with Crippen LogP contribution in [0.25, 0.3) is 0 Å². The van der Waals surface area contributed by atoms with Crippen LogP contribution in [-0.4, -0.2) is 35.6 Å². The predicted molar refractivity (Wildman–Crippen MR) is 126 cm³/mol. The average molecular weight is 487 g/mol. The smallest absolute Gasteiger partial charge is 0.407 e. The van der Waals surface area contributed by atoms with E-state index in [2.05, 4.69) is 33.4 Å². The van der Waals surface area contributed by atoms with Crippen LogP contribution in [0, 0.1) is 0 Å². The van der Waals surface area contributed by atoms with Gasteiger partial charge in [-0.15, -0.1) is 0 Å². The van der Waals surface area contributed by atoms with E-state index in [0.29, 0.717) is 18.9 Å². The van der Waals surface area contributed by atoms with Gasteiger partial charge in [-0.05, 0) is 68.4 Å². The highest BCUT2D eigenvalue weighted by Crippen LogP contribution is 2.29. The SMILES string of the molecule is CC(C)(C)OC(=O)NCc1cccc(C2CCN(C(=O)Cc3ccc(Br)cc3)CC2)c1. The lowest BCUT2D eigenvalue weighted by atomic mass is 9.88. The number of alkyl carbamates (subject to hydrolysis) is 1. The number of likely N-dealkylation sites (tertiary alicyclic amines) is 1. The summed E-state index contributed by atoms with van der Waals surface area (Å²) in [4.78, 5) is 26.5. The molecule has 31 heavy (non-hydrogen) atoms. The molecule has 5 nitrogen and oxygen atoms in total. The standard InChI is InChI=1S/C25H31BrN2O3/c1-25(2,3)31-24(30)27-17-19-5-4-6-21(15-19)20-11-13-28(14-12-20)23(29)16-18-7-9-22(26)10-8-18/h4-10,15,20H,11-14,16-17H2,1-3H3,(H,27,30). The Morgan fingerprint density at radius 3 is 2.39 bits per heavy atom. The van der Waals surface area contributed by atoms with Gasteiger partial charge in [0.2, 0.25) is 5.91 Å². The van der Waals surface area contributed by atoms with Crippen molar-refractivity contribution in [3.05, 3.63) is 69.7 Å². The van der Waals surface area contributed by atoms with Crippen molar-refractivity contribution in [2.75, 3.05) is 13.1 Å². The Morgan fingerprint density at radius 2 is 1.74 bits per heavy atom. The Kier molecular flexibility index (Phi) is 7.76. The molecule has 0 aromatic heterocycles. The first kappa shape index (κ1) is 23.3. The zero-order valence-electron chi connectivity index (χ0n) is 18.5. The number of rotatable bonds is 5. The van der Waals surface area contributed by atoms with Crippen LogP contribution in [0.1, 0.15) is 56.2 Å². The molecule has 166 valence electrons. The summed E-state index contributed by atoms with van der Waals surface area (Å²) in [5, 5.41) is 2.82. The van der Waals surface area contributed by atoms with Crippen LogP contribution in [0.15, 0.2) is 53.0 Å². The number of carbonyl (C=O) groups is 2. The van der Waals surface area contributed by atoms with E-state index in [-0.39, 0.29) is 5.91 Å². The van der Waals surface area contributed by atoms with Gasteiger partial charge in [0, 0.05) is 24.1 Å². The summed E-state index contributed by atoms with van der Waals surface area (Å²) in [6, 6.07) is 16.3. The first-order chi connectivity index (χ1) is 14.7. The molecule has 0 unspecified atom stereocenters. The molecule has 2 aromatic rings. The van der Waals surface area contributed by atoms with Gasteiger partial charge >= 0.3 is 6.09 Å². The molecule has 2 aromatic carbocycles. The Balaban J connectivity index is 1.50. The molecule has 1 N–H and O–H groups in total. The number of hydrogen-bond acceptors (Lipinski definition) is 3. The summed E-state index contributed by atoms with van der Waals surface area (Å²) in [6.45, 7) is 7.55. The zero-order valence-corrected chi connectivity index (χ0v) is 20.1. The van der Waals surface area contributed by atoms with Crippen molar-refractivity contribution in [2.24, 2.45) is 0 Å². The van der Waals surface area contributed by atoms with Crippen LogP contribution in [-0.2, 0) is 22.5 Å². The molecule has 1 aliphatic heterocycles. The van der Waals surface area contributed by atoms with Gasteiger partial charge < -0.3 is 15.0 Å². The molecule has 3 rings (SSSR count). The monoisotopic (exact) mass is 486 g/mol. The summed E-state index contributed by atoms with van der Waals surface area (Å²) in [7, 11) is 0. The number of amides is 2. The largest absolute Gasteiger partial charge is 0.444 e. The van der Waals surface area contributed by atoms with Gasteiger partial charge in [-0.3, -0.25) is 4.79 Å². The lowest BCUT2D eigenvalue weighted by Crippen LogP contribution is -2.38. The van der Waals surface area contributed by atoms with Crippen molar-refractivity contribution in [3.63, 3.8) is 0 Å². The van der Waals surface area contributed by atoms with Gasteiger partial charge in [-0.2, -0.15) is 0 Å². The molecule has 0 aliphatic carbocycles. The third-order valence-electron chi connectivity index (χ3n) is 5.37. The van der Waals surface area contributed by atoms with Crippen molar-refractivity contribution in [1.82, 2.24) is 10.2 Å². The lowest BCUT2D eigenvalue weighted by molar-refractivity contribution is -0.131. The maximum Gasteiger partial charge on any atom is 0.407 e. The van der Waals surface area contributed by atoms with Crippen LogP contribution in [0.3, 0.4) is 0 Å². The van der Waals surface area contributed by atoms with Crippen LogP contribution >= 0.6 is 15.9 Å². The number of nitrogens with zero attached hydrogens (tertiary/aromatic N) is 1. The molecule has 0 spiro atoms. The Morgan fingerprint density at radius 1 is 1.06 bits per heavy atom. The average Bonchev–Trinajstić information content (AvgIpc) is 2.73. The second-order valence-electron chi connectivity index (χ2n) is 9.06. The molecule has 0 saturated carbocycles. The first-order valence-electron chi connectivity index (χ1n) is 10.8. The number of halogens is 1. The van der Waals surface area contributed by atoms with E-state index in [1.807, 2.05) is 62.1 Å². The highest BCUT2D eigenvalue weighted by molar-refractivity contribution is 9.10. The second-order valence-corrected chi connectivity index (χ2v) is 9.97. The Labute approximate surface area is 193 Å². The van der Waals surface area contributed by atoms with E-state index >= 15 is 0 Å². The fraction of sp³-hybridized carbons (Fsp3) is 0.440. The number of nitrogens with one attached hydrogen (secondary N) is 1. The number of ether oxygens (including phenoxy) is 1. The molecule has 1 saturated heterocycles. The van der Waals surface area contributed by atoms with E-state index in [0.717, 1.165) is 41.5 Å². The van der Waals surface area contributed by atoms with Gasteiger partial charge in [0.1, 0.15) is 5.60 Å². The van der Waals surface area contributed by atoms with Crippen molar-refractivity contribution in [2.45, 2.75) is 58.1 Å². The van der Waals surface area contributed by atoms with Crippen molar-refractivity contribution in [1.29, 1.82) is 0 Å². The minimum atomic E-state index is -0.505. The minimum Gasteiger partial charge on any atom is -0.444 e. The number of benzene rings is 2. The van der Waals surface area contributed by atoms with Crippen LogP contribution in [0.4, 0.5) is 4.79 Å². The maximum atomic E-state index is 12.7. The van der Waals surface area contributed by atoms with Gasteiger partial charge in [0.15, 0.2) is 0 Å². The van der Waals surface area contributed by atoms with Crippen LogP contribution in [0.5, 0.6) is 0 Å². The quantitative estimate of drug-likeness (QED) is 0.613. The molecule has 6 heteroatoms. The van der Waals surface area contributed by atoms with Crippen LogP contribution in [0.2, 0.25) is 0 Å². The number of hydrogen-bond donors (Lipinski definition) is 1. The molecule has 1 fully saturated rings. The van der Waals surface area contributed by atoms with Crippen molar-refractivity contribution >= 4 is 27.9 Å². The number of carbonyl (C=O) groups excluding carboxylic acids is 2. The molecular weight excluding hydrogens is 456 g/mol. The third kappa shape index (κ3) is 7.39. The molecule has 0 bridgehead atoms. The fourth-order valence-electron chi connectivity index (χ4n) is 3.80. The van der Waals surface area contributed by atoms with Crippen molar-refractivity contribution < 1.29 is 14.3 Å². The molecule has 1 aliphatic rings. The van der Waals surface area contributed by atoms with Gasteiger partial charge in [0.25, 0.3) is 0 Å². The maximum absolute atomic E-state index is 12.7. The van der Waals surface area contributed by atoms with Gasteiger partial charge in [0.05, 0.1) is 6.42 Å². The van der Waals surface area contributed by atoms with E-state index in [1.54, 1.807) is 0 Å². The summed E-state index contributed by atoms with van der Waals surface area (Å²) in [5.74, 6) is 0.620. The van der Waals surface area contributed by atoms with Crippen molar-refractivity contribution in [3.8, 4) is 0 Å². The highest BCUT2D eigenvalue weighted by Gasteiger charge is 2.24. The second kappa shape index (κ2) is 10.3. The third-order valence-corrected chi connectivity index (χ3v) is 5.90. The summed E-state index contributed by atoms with van der Waals surface area (Å²) < 4.78 is 6.32. The Hall–Kier alpha value is -2.34. The highest BCUT2D eigenvalue weighted by atomic mass is 79.9. The fourth-order valence-corrected chi connectivity index (χ4v) is 4.06. The Bertz CT molecular complexity index is 898. The first-order valence-corrected chi connectivity index (χ1v) is 11.6. The topological polar surface area (TPSA) is 58.6 Å². The minimum absolute atomic E-state index is 0.191. The van der Waals surface area contributed by atoms with E-state index < -0.39 is 11.7 Å². The van der Waals surface area contributed by atoms with E-state index in [1.165, 1.54) is 5.56 Å². The van der Waals surface area contributed by atoms with Gasteiger partial charge in [-0.1, -0.05) is 52.3 Å². The number of piperidine rings is 1. The van der Waals surface area contributed by atoms with Crippen LogP contribution < -0.4 is 5.32 Å². The van der Waals surface area contributed by atoms with E-state index in [9.17, 15) is 9.59 Å². The lowest BCUT2D eigenvalue weighted by Gasteiger charge is -2.32. The normalized spacial score (nSPS) is 14.9. The molecule has 0 atom stereocenters. The van der Waals surface area contributed by atoms with E-state index in [4.69, 9.17) is 4.74 Å². The molecule has 0 radical (unpaired) electrons. The summed E-state index contributed by atoms with van der Waals surface area (Å²) in [5.41, 5.74) is 2.86.